The second-order valence-electron chi connectivity index (χ2n) is 6.35. The standard InChI is InChI=1S/C20H21ClFN3O/c21-16-3-6-18(19(23)13-16)20(26)7-8-24-9-11-25(12-10-24)14-15-1-4-17(22)5-2-15/h1-8,13H,9-12,14,23H2/b8-7+. The molecule has 6 heteroatoms. The lowest BCUT2D eigenvalue weighted by Crippen LogP contribution is -2.43. The van der Waals surface area contributed by atoms with Gasteiger partial charge in [-0.15, -0.1) is 0 Å². The molecule has 0 amide bonds. The molecule has 0 radical (unpaired) electrons. The Bertz CT molecular complexity index is 799. The SMILES string of the molecule is Nc1cc(Cl)ccc1C(=O)/C=C/N1CCN(Cc2ccc(F)cc2)CC1. The fourth-order valence-corrected chi connectivity index (χ4v) is 3.12. The van der Waals surface area contributed by atoms with Crippen molar-refractivity contribution in [1.29, 1.82) is 0 Å². The second kappa shape index (κ2) is 8.34. The molecule has 2 N–H and O–H groups in total. The van der Waals surface area contributed by atoms with E-state index in [4.69, 9.17) is 17.3 Å². The lowest BCUT2D eigenvalue weighted by Gasteiger charge is -2.34. The number of nitrogens with two attached hydrogens (primary N) is 1. The number of hydrogen-bond donors (Lipinski definition) is 1. The molecule has 1 fully saturated rings. The zero-order valence-electron chi connectivity index (χ0n) is 14.4. The molecular formula is C20H21ClFN3O. The Morgan fingerprint density at radius 1 is 1.12 bits per heavy atom. The van der Waals surface area contributed by atoms with Gasteiger partial charge >= 0.3 is 0 Å². The summed E-state index contributed by atoms with van der Waals surface area (Å²) < 4.78 is 13.0. The first-order valence-corrected chi connectivity index (χ1v) is 8.87. The molecule has 1 heterocycles. The topological polar surface area (TPSA) is 49.6 Å². The second-order valence-corrected chi connectivity index (χ2v) is 6.79. The fraction of sp³-hybridized carbons (Fsp3) is 0.250. The van der Waals surface area contributed by atoms with Crippen LogP contribution in [0.1, 0.15) is 15.9 Å². The van der Waals surface area contributed by atoms with Crippen LogP contribution in [0.4, 0.5) is 10.1 Å². The molecule has 4 nitrogen and oxygen atoms in total. The van der Waals surface area contributed by atoms with Gasteiger partial charge in [-0.2, -0.15) is 0 Å². The summed E-state index contributed by atoms with van der Waals surface area (Å²) in [5, 5.41) is 0.514. The Morgan fingerprint density at radius 3 is 2.46 bits per heavy atom. The van der Waals surface area contributed by atoms with Gasteiger partial charge in [0.25, 0.3) is 0 Å². The van der Waals surface area contributed by atoms with Gasteiger partial charge in [-0.25, -0.2) is 4.39 Å². The molecule has 2 aromatic carbocycles. The average molecular weight is 374 g/mol. The number of nitrogens with zero attached hydrogens (tertiary/aromatic N) is 2. The molecule has 0 aliphatic carbocycles. The maximum absolute atomic E-state index is 13.0. The Morgan fingerprint density at radius 2 is 1.81 bits per heavy atom. The van der Waals surface area contributed by atoms with Crippen LogP contribution in [0.3, 0.4) is 0 Å². The van der Waals surface area contributed by atoms with Crippen molar-refractivity contribution >= 4 is 23.1 Å². The number of carbonyl (C=O) groups is 1. The van der Waals surface area contributed by atoms with Crippen molar-refractivity contribution in [3.05, 3.63) is 76.7 Å². The molecule has 0 bridgehead atoms. The van der Waals surface area contributed by atoms with Gasteiger partial charge in [-0.3, -0.25) is 9.69 Å². The van der Waals surface area contributed by atoms with E-state index >= 15 is 0 Å². The van der Waals surface area contributed by atoms with Crippen molar-refractivity contribution in [1.82, 2.24) is 9.80 Å². The van der Waals surface area contributed by atoms with Crippen molar-refractivity contribution in [3.63, 3.8) is 0 Å². The highest BCUT2D eigenvalue weighted by Gasteiger charge is 2.15. The highest BCUT2D eigenvalue weighted by Crippen LogP contribution is 2.19. The number of benzene rings is 2. The summed E-state index contributed by atoms with van der Waals surface area (Å²) in [4.78, 5) is 16.7. The zero-order chi connectivity index (χ0) is 18.5. The van der Waals surface area contributed by atoms with Crippen molar-refractivity contribution < 1.29 is 9.18 Å². The van der Waals surface area contributed by atoms with Gasteiger partial charge < -0.3 is 10.6 Å². The molecule has 0 saturated carbocycles. The van der Waals surface area contributed by atoms with Crippen LogP contribution in [0, 0.1) is 5.82 Å². The van der Waals surface area contributed by atoms with Gasteiger partial charge in [0.15, 0.2) is 5.78 Å². The van der Waals surface area contributed by atoms with Crippen molar-refractivity contribution in [2.75, 3.05) is 31.9 Å². The monoisotopic (exact) mass is 373 g/mol. The minimum atomic E-state index is -0.213. The number of piperazine rings is 1. The fourth-order valence-electron chi connectivity index (χ4n) is 2.94. The van der Waals surface area contributed by atoms with E-state index in [-0.39, 0.29) is 11.6 Å². The Labute approximate surface area is 157 Å². The van der Waals surface area contributed by atoms with Gasteiger partial charge in [-0.05, 0) is 35.9 Å². The Hall–Kier alpha value is -2.37. The third-order valence-electron chi connectivity index (χ3n) is 4.44. The summed E-state index contributed by atoms with van der Waals surface area (Å²) >= 11 is 5.86. The first kappa shape index (κ1) is 18.4. The van der Waals surface area contributed by atoms with Crippen molar-refractivity contribution in [3.8, 4) is 0 Å². The van der Waals surface area contributed by atoms with E-state index in [1.807, 2.05) is 18.3 Å². The maximum Gasteiger partial charge on any atom is 0.189 e. The molecule has 0 aromatic heterocycles. The van der Waals surface area contributed by atoms with E-state index < -0.39 is 0 Å². The van der Waals surface area contributed by atoms with Crippen LogP contribution in [-0.4, -0.2) is 41.8 Å². The summed E-state index contributed by atoms with van der Waals surface area (Å²) in [6.45, 7) is 4.25. The van der Waals surface area contributed by atoms with Crippen molar-refractivity contribution in [2.24, 2.45) is 0 Å². The molecule has 136 valence electrons. The van der Waals surface area contributed by atoms with Gasteiger partial charge in [0.2, 0.25) is 0 Å². The Balaban J connectivity index is 1.51. The number of anilines is 1. The third-order valence-corrected chi connectivity index (χ3v) is 4.68. The summed E-state index contributed by atoms with van der Waals surface area (Å²) in [6.07, 6.45) is 3.38. The van der Waals surface area contributed by atoms with Crippen LogP contribution in [0.15, 0.2) is 54.7 Å². The molecule has 0 spiro atoms. The molecular weight excluding hydrogens is 353 g/mol. The van der Waals surface area contributed by atoms with Crippen LogP contribution >= 0.6 is 11.6 Å². The minimum absolute atomic E-state index is 0.132. The van der Waals surface area contributed by atoms with Crippen LogP contribution in [0.5, 0.6) is 0 Å². The predicted octanol–water partition coefficient (Wildman–Crippen LogP) is 3.58. The van der Waals surface area contributed by atoms with Crippen LogP contribution in [0.2, 0.25) is 5.02 Å². The lowest BCUT2D eigenvalue weighted by atomic mass is 10.1. The quantitative estimate of drug-likeness (QED) is 0.494. The van der Waals surface area contributed by atoms with Gasteiger partial charge in [0, 0.05) is 61.3 Å². The average Bonchev–Trinajstić information content (AvgIpc) is 2.63. The molecule has 3 rings (SSSR count). The summed E-state index contributed by atoms with van der Waals surface area (Å²) in [5.41, 5.74) is 7.79. The van der Waals surface area contributed by atoms with E-state index in [1.54, 1.807) is 24.3 Å². The van der Waals surface area contributed by atoms with Crippen LogP contribution < -0.4 is 5.73 Å². The van der Waals surface area contributed by atoms with Crippen molar-refractivity contribution in [2.45, 2.75) is 6.54 Å². The number of ketones is 1. The van der Waals surface area contributed by atoms with Gasteiger partial charge in [-0.1, -0.05) is 23.7 Å². The van der Waals surface area contributed by atoms with Crippen LogP contribution in [-0.2, 0) is 6.54 Å². The number of halogens is 2. The first-order valence-electron chi connectivity index (χ1n) is 8.50. The predicted molar refractivity (Wildman–Crippen MR) is 103 cm³/mol. The van der Waals surface area contributed by atoms with E-state index in [9.17, 15) is 9.18 Å². The molecule has 1 saturated heterocycles. The van der Waals surface area contributed by atoms with E-state index in [0.717, 1.165) is 38.3 Å². The largest absolute Gasteiger partial charge is 0.398 e. The number of rotatable bonds is 5. The minimum Gasteiger partial charge on any atom is -0.398 e. The number of hydrogen-bond acceptors (Lipinski definition) is 4. The first-order chi connectivity index (χ1) is 12.5. The van der Waals surface area contributed by atoms with E-state index in [1.165, 1.54) is 12.1 Å². The molecule has 1 aliphatic rings. The van der Waals surface area contributed by atoms with E-state index in [0.29, 0.717) is 16.3 Å². The highest BCUT2D eigenvalue weighted by molar-refractivity contribution is 6.31. The Kier molecular flexibility index (Phi) is 5.91. The zero-order valence-corrected chi connectivity index (χ0v) is 15.1. The number of carbonyl (C=O) groups excluding carboxylic acids is 1. The molecule has 0 atom stereocenters. The summed E-state index contributed by atoms with van der Waals surface area (Å²) in [7, 11) is 0. The molecule has 0 unspecified atom stereocenters. The highest BCUT2D eigenvalue weighted by atomic mass is 35.5. The number of allylic oxidation sites excluding steroid dienone is 1. The third kappa shape index (κ3) is 4.84. The number of nitrogen functional groups attached to an aromatic ring is 1. The summed E-state index contributed by atoms with van der Waals surface area (Å²) in [6, 6.07) is 11.5. The van der Waals surface area contributed by atoms with Gasteiger partial charge in [0.05, 0.1) is 0 Å². The molecule has 26 heavy (non-hydrogen) atoms. The lowest BCUT2D eigenvalue weighted by molar-refractivity contribution is 0.104. The van der Waals surface area contributed by atoms with E-state index in [2.05, 4.69) is 9.80 Å². The van der Waals surface area contributed by atoms with Gasteiger partial charge in [0.1, 0.15) is 5.82 Å². The normalized spacial score (nSPS) is 15.5. The molecule has 2 aromatic rings. The summed E-state index contributed by atoms with van der Waals surface area (Å²) in [5.74, 6) is -0.345. The van der Waals surface area contributed by atoms with Crippen LogP contribution in [0.25, 0.3) is 0 Å². The maximum atomic E-state index is 13.0. The molecule has 1 aliphatic heterocycles. The smallest absolute Gasteiger partial charge is 0.189 e.